The summed E-state index contributed by atoms with van der Waals surface area (Å²) in [5.74, 6) is -0.116. The first-order valence-electron chi connectivity index (χ1n) is 5.67. The van der Waals surface area contributed by atoms with Crippen LogP contribution < -0.4 is 5.73 Å². The smallest absolute Gasteiger partial charge is 0.303 e. The van der Waals surface area contributed by atoms with Gasteiger partial charge in [0.05, 0.1) is 0 Å². The molecule has 3 heteroatoms. The van der Waals surface area contributed by atoms with Crippen molar-refractivity contribution in [2.45, 2.75) is 39.5 Å². The highest BCUT2D eigenvalue weighted by molar-refractivity contribution is 5.67. The largest absolute Gasteiger partial charge is 0.481 e. The average Bonchev–Trinajstić information content (AvgIpc) is 2.16. The summed E-state index contributed by atoms with van der Waals surface area (Å²) in [4.78, 5) is 10.5. The van der Waals surface area contributed by atoms with E-state index in [0.717, 1.165) is 19.3 Å². The molecular weight excluding hydrogens is 190 g/mol. The van der Waals surface area contributed by atoms with Gasteiger partial charge in [0.25, 0.3) is 0 Å². The van der Waals surface area contributed by atoms with Crippen LogP contribution in [0.5, 0.6) is 0 Å². The fraction of sp³-hybridized carbons (Fsp3) is 0.750. The molecule has 0 aromatic heterocycles. The molecule has 0 heterocycles. The standard InChI is InChI=1S/C12H23NO2/c1-3-4-5-6-10(2)7-11(9-13)8-12(14)15/h4-5,10-11H,3,6-9,13H2,1-2H3,(H,14,15)/t10?,11-/m0/s1. The van der Waals surface area contributed by atoms with Crippen molar-refractivity contribution < 1.29 is 9.90 Å². The van der Waals surface area contributed by atoms with Crippen LogP contribution in [0.25, 0.3) is 0 Å². The molecule has 3 nitrogen and oxygen atoms in total. The van der Waals surface area contributed by atoms with Crippen LogP contribution in [-0.4, -0.2) is 17.6 Å². The van der Waals surface area contributed by atoms with Crippen molar-refractivity contribution in [1.29, 1.82) is 0 Å². The van der Waals surface area contributed by atoms with Crippen LogP contribution in [0.3, 0.4) is 0 Å². The van der Waals surface area contributed by atoms with Crippen molar-refractivity contribution in [2.24, 2.45) is 17.6 Å². The number of carboxylic acids is 1. The van der Waals surface area contributed by atoms with Gasteiger partial charge in [-0.2, -0.15) is 0 Å². The Hall–Kier alpha value is -0.830. The second-order valence-corrected chi connectivity index (χ2v) is 4.16. The number of hydrogen-bond acceptors (Lipinski definition) is 2. The van der Waals surface area contributed by atoms with Gasteiger partial charge in [-0.15, -0.1) is 0 Å². The Morgan fingerprint density at radius 3 is 2.60 bits per heavy atom. The molecule has 1 unspecified atom stereocenters. The average molecular weight is 213 g/mol. The van der Waals surface area contributed by atoms with Crippen LogP contribution >= 0.6 is 0 Å². The zero-order valence-corrected chi connectivity index (χ0v) is 9.78. The molecule has 15 heavy (non-hydrogen) atoms. The Bertz CT molecular complexity index is 202. The summed E-state index contributed by atoms with van der Waals surface area (Å²) in [5.41, 5.74) is 5.54. The van der Waals surface area contributed by atoms with E-state index < -0.39 is 5.97 Å². The predicted molar refractivity (Wildman–Crippen MR) is 62.6 cm³/mol. The van der Waals surface area contributed by atoms with E-state index in [0.29, 0.717) is 12.5 Å². The molecular formula is C12H23NO2. The van der Waals surface area contributed by atoms with Crippen molar-refractivity contribution in [1.82, 2.24) is 0 Å². The SMILES string of the molecule is CCC=CCC(C)C[C@H](CN)CC(=O)O. The van der Waals surface area contributed by atoms with Crippen LogP contribution in [0.2, 0.25) is 0 Å². The van der Waals surface area contributed by atoms with Gasteiger partial charge in [0.2, 0.25) is 0 Å². The number of rotatable bonds is 8. The molecule has 0 spiro atoms. The normalized spacial score (nSPS) is 15.4. The predicted octanol–water partition coefficient (Wildman–Crippen LogP) is 2.42. The molecule has 0 aliphatic carbocycles. The van der Waals surface area contributed by atoms with Gasteiger partial charge in [0, 0.05) is 6.42 Å². The monoisotopic (exact) mass is 213 g/mol. The van der Waals surface area contributed by atoms with Gasteiger partial charge in [0.1, 0.15) is 0 Å². The van der Waals surface area contributed by atoms with Gasteiger partial charge >= 0.3 is 5.97 Å². The minimum Gasteiger partial charge on any atom is -0.481 e. The highest BCUT2D eigenvalue weighted by Crippen LogP contribution is 2.18. The first kappa shape index (κ1) is 14.2. The van der Waals surface area contributed by atoms with E-state index >= 15 is 0 Å². The lowest BCUT2D eigenvalue weighted by molar-refractivity contribution is -0.138. The molecule has 3 N–H and O–H groups in total. The maximum atomic E-state index is 10.5. The Balaban J connectivity index is 3.84. The third-order valence-electron chi connectivity index (χ3n) is 2.47. The lowest BCUT2D eigenvalue weighted by Crippen LogP contribution is -2.20. The molecule has 0 amide bonds. The first-order valence-corrected chi connectivity index (χ1v) is 5.67. The third kappa shape index (κ3) is 8.18. The lowest BCUT2D eigenvalue weighted by Gasteiger charge is -2.16. The van der Waals surface area contributed by atoms with Crippen molar-refractivity contribution in [3.63, 3.8) is 0 Å². The highest BCUT2D eigenvalue weighted by Gasteiger charge is 2.14. The molecule has 0 radical (unpaired) electrons. The molecule has 0 aromatic carbocycles. The van der Waals surface area contributed by atoms with Crippen molar-refractivity contribution in [2.75, 3.05) is 6.54 Å². The van der Waals surface area contributed by atoms with Gasteiger partial charge in [0.15, 0.2) is 0 Å². The molecule has 0 saturated heterocycles. The van der Waals surface area contributed by atoms with E-state index in [1.807, 2.05) is 0 Å². The minimum atomic E-state index is -0.748. The van der Waals surface area contributed by atoms with Crippen LogP contribution in [0.15, 0.2) is 12.2 Å². The Morgan fingerprint density at radius 2 is 2.13 bits per heavy atom. The maximum Gasteiger partial charge on any atom is 0.303 e. The van der Waals surface area contributed by atoms with Crippen molar-refractivity contribution >= 4 is 5.97 Å². The zero-order valence-electron chi connectivity index (χ0n) is 9.78. The fourth-order valence-electron chi connectivity index (χ4n) is 1.67. The molecule has 0 aromatic rings. The Kier molecular flexibility index (Phi) is 8.01. The van der Waals surface area contributed by atoms with Crippen LogP contribution in [-0.2, 0) is 4.79 Å². The van der Waals surface area contributed by atoms with E-state index in [2.05, 4.69) is 26.0 Å². The van der Waals surface area contributed by atoms with Crippen LogP contribution in [0.4, 0.5) is 0 Å². The molecule has 0 saturated carbocycles. The summed E-state index contributed by atoms with van der Waals surface area (Å²) < 4.78 is 0. The quantitative estimate of drug-likeness (QED) is 0.609. The molecule has 0 aliphatic rings. The second kappa shape index (κ2) is 8.48. The summed E-state index contributed by atoms with van der Waals surface area (Å²) in [6.45, 7) is 4.72. The van der Waals surface area contributed by atoms with Crippen molar-refractivity contribution in [3.05, 3.63) is 12.2 Å². The summed E-state index contributed by atoms with van der Waals surface area (Å²) >= 11 is 0. The van der Waals surface area contributed by atoms with Gasteiger partial charge in [-0.3, -0.25) is 4.79 Å². The summed E-state index contributed by atoms with van der Waals surface area (Å²) in [7, 11) is 0. The number of hydrogen-bond donors (Lipinski definition) is 2. The topological polar surface area (TPSA) is 63.3 Å². The number of carboxylic acid groups (broad SMARTS) is 1. The number of allylic oxidation sites excluding steroid dienone is 2. The Labute approximate surface area is 92.4 Å². The van der Waals surface area contributed by atoms with Crippen molar-refractivity contribution in [3.8, 4) is 0 Å². The molecule has 0 rings (SSSR count). The number of aliphatic carboxylic acids is 1. The fourth-order valence-corrected chi connectivity index (χ4v) is 1.67. The van der Waals surface area contributed by atoms with Gasteiger partial charge < -0.3 is 10.8 Å². The van der Waals surface area contributed by atoms with Crippen LogP contribution in [0.1, 0.15) is 39.5 Å². The lowest BCUT2D eigenvalue weighted by atomic mass is 9.91. The number of nitrogens with two attached hydrogens (primary N) is 1. The van der Waals surface area contributed by atoms with E-state index in [9.17, 15) is 4.79 Å². The maximum absolute atomic E-state index is 10.5. The van der Waals surface area contributed by atoms with Gasteiger partial charge in [-0.25, -0.2) is 0 Å². The van der Waals surface area contributed by atoms with Crippen LogP contribution in [0, 0.1) is 11.8 Å². The summed E-state index contributed by atoms with van der Waals surface area (Å²) in [6.07, 6.45) is 7.48. The first-order chi connectivity index (χ1) is 7.10. The van der Waals surface area contributed by atoms with E-state index in [-0.39, 0.29) is 12.3 Å². The zero-order chi connectivity index (χ0) is 11.7. The van der Waals surface area contributed by atoms with Gasteiger partial charge in [-0.05, 0) is 37.6 Å². The molecule has 0 bridgehead atoms. The molecule has 0 aliphatic heterocycles. The third-order valence-corrected chi connectivity index (χ3v) is 2.47. The van der Waals surface area contributed by atoms with E-state index in [1.54, 1.807) is 0 Å². The highest BCUT2D eigenvalue weighted by atomic mass is 16.4. The Morgan fingerprint density at radius 1 is 1.47 bits per heavy atom. The molecule has 88 valence electrons. The second-order valence-electron chi connectivity index (χ2n) is 4.16. The summed E-state index contributed by atoms with van der Waals surface area (Å²) in [6, 6.07) is 0. The minimum absolute atomic E-state index is 0.118. The van der Waals surface area contributed by atoms with Gasteiger partial charge in [-0.1, -0.05) is 26.0 Å². The molecule has 0 fully saturated rings. The van der Waals surface area contributed by atoms with E-state index in [1.165, 1.54) is 0 Å². The molecule has 2 atom stereocenters. The number of carbonyl (C=O) groups is 1. The summed E-state index contributed by atoms with van der Waals surface area (Å²) in [5, 5.41) is 8.67. The van der Waals surface area contributed by atoms with E-state index in [4.69, 9.17) is 10.8 Å².